The van der Waals surface area contributed by atoms with Crippen LogP contribution in [0.15, 0.2) is 60.8 Å². The van der Waals surface area contributed by atoms with Gasteiger partial charge in [0.25, 0.3) is 5.91 Å². The predicted molar refractivity (Wildman–Crippen MR) is 175 cm³/mol. The Hall–Kier alpha value is -4.36. The number of aromatic nitrogens is 1. The Labute approximate surface area is 274 Å². The van der Waals surface area contributed by atoms with Gasteiger partial charge in [0, 0.05) is 37.6 Å². The van der Waals surface area contributed by atoms with Gasteiger partial charge in [0.15, 0.2) is 0 Å². The number of carboxylic acids is 1. The first-order valence-corrected chi connectivity index (χ1v) is 18.9. The number of amides is 3. The molecule has 0 saturated carbocycles. The van der Waals surface area contributed by atoms with Crippen LogP contribution in [0.25, 0.3) is 11.1 Å². The monoisotopic (exact) mass is 671 g/mol. The van der Waals surface area contributed by atoms with Crippen molar-refractivity contribution >= 4 is 32.0 Å². The highest BCUT2D eigenvalue weighted by molar-refractivity contribution is 6.76. The third-order valence-corrected chi connectivity index (χ3v) is 9.15. The van der Waals surface area contributed by atoms with Crippen molar-refractivity contribution in [3.8, 4) is 11.1 Å². The molecule has 1 heterocycles. The SMILES string of the molecule is CC(C)(C)[C@H](c1cc(-c2cc(F)ccc2F)cn1Cc1ccccc1)N(C(=O)CO)C(=O)C[C@H](NC(=O)OCC[Si](C)(C)C)C(=O)O. The lowest BCUT2D eigenvalue weighted by Crippen LogP contribution is -2.50. The van der Waals surface area contributed by atoms with E-state index in [-0.39, 0.29) is 24.3 Å². The molecule has 0 aliphatic carbocycles. The fourth-order valence-corrected chi connectivity index (χ4v) is 5.83. The van der Waals surface area contributed by atoms with Crippen LogP contribution in [0.4, 0.5) is 13.6 Å². The molecule has 2 aromatic carbocycles. The maximum absolute atomic E-state index is 15.0. The minimum atomic E-state index is -1.75. The molecule has 0 aliphatic rings. The Kier molecular flexibility index (Phi) is 12.2. The van der Waals surface area contributed by atoms with Crippen LogP contribution in [-0.2, 0) is 25.7 Å². The summed E-state index contributed by atoms with van der Waals surface area (Å²) in [4.78, 5) is 52.6. The number of imide groups is 1. The molecule has 0 unspecified atom stereocenters. The molecule has 254 valence electrons. The number of nitrogens with one attached hydrogen (secondary N) is 1. The second-order valence-corrected chi connectivity index (χ2v) is 19.3. The number of halogens is 2. The smallest absolute Gasteiger partial charge is 0.407 e. The van der Waals surface area contributed by atoms with Crippen molar-refractivity contribution in [2.24, 2.45) is 5.41 Å². The van der Waals surface area contributed by atoms with E-state index in [0.717, 1.165) is 28.7 Å². The molecule has 0 aliphatic heterocycles. The van der Waals surface area contributed by atoms with Crippen molar-refractivity contribution in [1.29, 1.82) is 0 Å². The summed E-state index contributed by atoms with van der Waals surface area (Å²) in [5, 5.41) is 22.0. The van der Waals surface area contributed by atoms with Crippen LogP contribution in [0, 0.1) is 17.0 Å². The number of ether oxygens (including phenoxy) is 1. The first-order valence-electron chi connectivity index (χ1n) is 15.2. The Bertz CT molecular complexity index is 1580. The summed E-state index contributed by atoms with van der Waals surface area (Å²) >= 11 is 0. The zero-order valence-corrected chi connectivity index (χ0v) is 28.5. The summed E-state index contributed by atoms with van der Waals surface area (Å²) < 4.78 is 36.0. The van der Waals surface area contributed by atoms with Crippen LogP contribution in [0.3, 0.4) is 0 Å². The molecular formula is C34H43F2N3O7Si. The standard InChI is InChI=1S/C34H43F2N3O7Si/c1-34(2,3)31(39(30(42)21-40)29(41)18-27(32(43)44)37-33(45)46-14-15-47(4,5)6)28-16-23(25-17-24(35)12-13-26(25)36)20-38(28)19-22-10-8-7-9-11-22/h7-13,16-17,20,27,31,40H,14-15,18-19,21H2,1-6H3,(H,37,45)(H,43,44)/t27-,31-/m0/s1. The number of benzene rings is 2. The van der Waals surface area contributed by atoms with E-state index in [1.807, 2.05) is 30.3 Å². The summed E-state index contributed by atoms with van der Waals surface area (Å²) in [6.45, 7) is 10.7. The number of alkyl carbamates (subject to hydrolysis) is 1. The van der Waals surface area contributed by atoms with E-state index in [2.05, 4.69) is 25.0 Å². The summed E-state index contributed by atoms with van der Waals surface area (Å²) in [6.07, 6.45) is -0.265. The Morgan fingerprint density at radius 3 is 2.23 bits per heavy atom. The van der Waals surface area contributed by atoms with Gasteiger partial charge in [-0.1, -0.05) is 70.7 Å². The highest BCUT2D eigenvalue weighted by Gasteiger charge is 2.41. The quantitative estimate of drug-likeness (QED) is 0.195. The van der Waals surface area contributed by atoms with Gasteiger partial charge in [-0.2, -0.15) is 0 Å². The van der Waals surface area contributed by atoms with Crippen LogP contribution < -0.4 is 5.32 Å². The molecule has 13 heteroatoms. The van der Waals surface area contributed by atoms with Crippen molar-refractivity contribution in [3.05, 3.63) is 83.7 Å². The molecule has 2 atom stereocenters. The van der Waals surface area contributed by atoms with Crippen molar-refractivity contribution in [2.45, 2.75) is 71.5 Å². The second kappa shape index (κ2) is 15.5. The van der Waals surface area contributed by atoms with Crippen LogP contribution in [0.1, 0.15) is 44.5 Å². The average molecular weight is 672 g/mol. The number of aliphatic hydroxyl groups is 1. The molecule has 0 saturated heterocycles. The van der Waals surface area contributed by atoms with E-state index < -0.39 is 74.1 Å². The van der Waals surface area contributed by atoms with Gasteiger partial charge < -0.3 is 24.8 Å². The number of carbonyl (C=O) groups excluding carboxylic acids is 3. The van der Waals surface area contributed by atoms with E-state index in [4.69, 9.17) is 4.74 Å². The van der Waals surface area contributed by atoms with Gasteiger partial charge in [0.1, 0.15) is 24.3 Å². The van der Waals surface area contributed by atoms with Crippen LogP contribution in [0.5, 0.6) is 0 Å². The molecule has 3 amide bonds. The lowest BCUT2D eigenvalue weighted by atomic mass is 9.82. The zero-order chi connectivity index (χ0) is 35.1. The van der Waals surface area contributed by atoms with Gasteiger partial charge in [-0.25, -0.2) is 18.4 Å². The highest BCUT2D eigenvalue weighted by Crippen LogP contribution is 2.41. The van der Waals surface area contributed by atoms with Gasteiger partial charge in [0.05, 0.1) is 19.1 Å². The third kappa shape index (κ3) is 10.3. The first-order chi connectivity index (χ1) is 21.9. The average Bonchev–Trinajstić information content (AvgIpc) is 3.37. The lowest BCUT2D eigenvalue weighted by molar-refractivity contribution is -0.155. The van der Waals surface area contributed by atoms with E-state index in [1.165, 1.54) is 0 Å². The molecule has 0 fully saturated rings. The normalized spacial score (nSPS) is 13.0. The molecule has 47 heavy (non-hydrogen) atoms. The summed E-state index contributed by atoms with van der Waals surface area (Å²) in [6, 6.07) is 11.6. The maximum Gasteiger partial charge on any atom is 0.407 e. The third-order valence-electron chi connectivity index (χ3n) is 7.45. The minimum Gasteiger partial charge on any atom is -0.480 e. The van der Waals surface area contributed by atoms with Crippen LogP contribution in [-0.4, -0.2) is 70.9 Å². The van der Waals surface area contributed by atoms with Crippen molar-refractivity contribution in [1.82, 2.24) is 14.8 Å². The molecule has 0 spiro atoms. The number of rotatable bonds is 13. The molecule has 3 N–H and O–H groups in total. The molecule has 1 aromatic heterocycles. The molecule has 3 rings (SSSR count). The molecule has 3 aromatic rings. The number of aliphatic hydroxyl groups excluding tert-OH is 1. The molecule has 0 radical (unpaired) electrons. The zero-order valence-electron chi connectivity index (χ0n) is 27.5. The van der Waals surface area contributed by atoms with Crippen LogP contribution in [0.2, 0.25) is 25.7 Å². The number of aliphatic carboxylic acids is 1. The van der Waals surface area contributed by atoms with Gasteiger partial charge in [-0.05, 0) is 41.3 Å². The number of carbonyl (C=O) groups is 4. The highest BCUT2D eigenvalue weighted by atomic mass is 28.3. The fourth-order valence-electron chi connectivity index (χ4n) is 5.11. The second-order valence-electron chi connectivity index (χ2n) is 13.7. The first kappa shape index (κ1) is 37.1. The van der Waals surface area contributed by atoms with E-state index in [9.17, 15) is 38.2 Å². The summed E-state index contributed by atoms with van der Waals surface area (Å²) in [5.74, 6) is -4.87. The minimum absolute atomic E-state index is 0.0418. The van der Waals surface area contributed by atoms with Gasteiger partial charge in [0.2, 0.25) is 5.91 Å². The molecular weight excluding hydrogens is 628 g/mol. The van der Waals surface area contributed by atoms with Crippen molar-refractivity contribution in [3.63, 3.8) is 0 Å². The van der Waals surface area contributed by atoms with Gasteiger partial charge in [-0.3, -0.25) is 14.5 Å². The number of nitrogens with zero attached hydrogens (tertiary/aromatic N) is 2. The number of hydrogen-bond acceptors (Lipinski definition) is 6. The summed E-state index contributed by atoms with van der Waals surface area (Å²) in [7, 11) is -1.55. The van der Waals surface area contributed by atoms with Crippen molar-refractivity contribution < 1.29 is 42.9 Å². The number of hydrogen-bond donors (Lipinski definition) is 3. The van der Waals surface area contributed by atoms with E-state index in [0.29, 0.717) is 11.7 Å². The Morgan fingerprint density at radius 1 is 1.00 bits per heavy atom. The topological polar surface area (TPSA) is 138 Å². The number of carboxylic acid groups (broad SMARTS) is 1. The largest absolute Gasteiger partial charge is 0.480 e. The Morgan fingerprint density at radius 2 is 1.66 bits per heavy atom. The Balaban J connectivity index is 2.08. The maximum atomic E-state index is 15.0. The summed E-state index contributed by atoms with van der Waals surface area (Å²) in [5.41, 5.74) is 0.489. The van der Waals surface area contributed by atoms with Gasteiger partial charge in [-0.15, -0.1) is 0 Å². The van der Waals surface area contributed by atoms with E-state index in [1.54, 1.807) is 37.6 Å². The van der Waals surface area contributed by atoms with Crippen LogP contribution >= 0.6 is 0 Å². The molecule has 0 bridgehead atoms. The predicted octanol–water partition coefficient (Wildman–Crippen LogP) is 5.82. The van der Waals surface area contributed by atoms with E-state index >= 15 is 0 Å². The lowest BCUT2D eigenvalue weighted by Gasteiger charge is -2.39. The molecule has 10 nitrogen and oxygen atoms in total. The van der Waals surface area contributed by atoms with Crippen molar-refractivity contribution in [2.75, 3.05) is 13.2 Å². The van der Waals surface area contributed by atoms with Gasteiger partial charge >= 0.3 is 12.1 Å². The fraction of sp³-hybridized carbons (Fsp3) is 0.412.